The first-order chi connectivity index (χ1) is 7.20. The molecule has 0 aliphatic heterocycles. The van der Waals surface area contributed by atoms with Crippen molar-refractivity contribution < 1.29 is 14.6 Å². The largest absolute Gasteiger partial charge is 0.480 e. The molecule has 4 nitrogen and oxygen atoms in total. The second-order valence-corrected chi connectivity index (χ2v) is 3.95. The van der Waals surface area contributed by atoms with Crippen LogP contribution in [0.2, 0.25) is 0 Å². The van der Waals surface area contributed by atoms with Crippen molar-refractivity contribution in [3.63, 3.8) is 0 Å². The van der Waals surface area contributed by atoms with Crippen LogP contribution in [0.15, 0.2) is 0 Å². The number of carboxylic acid groups (broad SMARTS) is 1. The molecular weight excluding hydrogens is 194 g/mol. The Morgan fingerprint density at radius 2 is 2.20 bits per heavy atom. The average Bonchev–Trinajstić information content (AvgIpc) is 3.00. The van der Waals surface area contributed by atoms with Crippen LogP contribution in [0.4, 0.5) is 0 Å². The molecule has 1 aliphatic carbocycles. The van der Waals surface area contributed by atoms with Crippen molar-refractivity contribution in [3.8, 4) is 0 Å². The molecule has 1 fully saturated rings. The van der Waals surface area contributed by atoms with Gasteiger partial charge in [-0.1, -0.05) is 6.92 Å². The van der Waals surface area contributed by atoms with Crippen molar-refractivity contribution in [2.24, 2.45) is 5.92 Å². The van der Waals surface area contributed by atoms with E-state index in [2.05, 4.69) is 0 Å². The maximum Gasteiger partial charge on any atom is 0.321 e. The number of rotatable bonds is 8. The van der Waals surface area contributed by atoms with Crippen LogP contribution in [0.25, 0.3) is 0 Å². The zero-order valence-corrected chi connectivity index (χ0v) is 9.61. The summed E-state index contributed by atoms with van der Waals surface area (Å²) in [5, 5.41) is 9.16. The molecule has 0 aromatic heterocycles. The van der Waals surface area contributed by atoms with Gasteiger partial charge in [0.1, 0.15) is 6.04 Å². The van der Waals surface area contributed by atoms with E-state index in [-0.39, 0.29) is 6.04 Å². The first kappa shape index (κ1) is 12.5. The zero-order valence-electron chi connectivity index (χ0n) is 9.61. The van der Waals surface area contributed by atoms with Crippen LogP contribution in [0.1, 0.15) is 26.7 Å². The lowest BCUT2D eigenvalue weighted by atomic mass is 10.1. The van der Waals surface area contributed by atoms with Crippen molar-refractivity contribution in [1.82, 2.24) is 4.90 Å². The van der Waals surface area contributed by atoms with Gasteiger partial charge in [-0.15, -0.1) is 0 Å². The quantitative estimate of drug-likeness (QED) is 0.618. The molecule has 0 aromatic carbocycles. The van der Waals surface area contributed by atoms with Crippen LogP contribution in [-0.4, -0.2) is 48.3 Å². The summed E-state index contributed by atoms with van der Waals surface area (Å²) in [6.45, 7) is 6.77. The molecule has 15 heavy (non-hydrogen) atoms. The van der Waals surface area contributed by atoms with Gasteiger partial charge >= 0.3 is 5.97 Å². The average molecular weight is 215 g/mol. The van der Waals surface area contributed by atoms with E-state index in [1.165, 1.54) is 0 Å². The van der Waals surface area contributed by atoms with Gasteiger partial charge in [-0.05, 0) is 32.2 Å². The highest BCUT2D eigenvalue weighted by Gasteiger charge is 2.39. The summed E-state index contributed by atoms with van der Waals surface area (Å²) in [4.78, 5) is 13.1. The van der Waals surface area contributed by atoms with E-state index in [0.29, 0.717) is 19.1 Å². The lowest BCUT2D eigenvalue weighted by Crippen LogP contribution is -2.44. The Balaban J connectivity index is 2.42. The fourth-order valence-electron chi connectivity index (χ4n) is 1.89. The lowest BCUT2D eigenvalue weighted by molar-refractivity contribution is -0.144. The van der Waals surface area contributed by atoms with Gasteiger partial charge in [0.05, 0.1) is 6.61 Å². The molecule has 1 atom stereocenters. The number of nitrogens with zero attached hydrogens (tertiary/aromatic N) is 1. The Morgan fingerprint density at radius 1 is 1.53 bits per heavy atom. The van der Waals surface area contributed by atoms with Gasteiger partial charge in [0.25, 0.3) is 0 Å². The van der Waals surface area contributed by atoms with Crippen LogP contribution in [0, 0.1) is 5.92 Å². The Hall–Kier alpha value is -0.610. The second kappa shape index (κ2) is 6.08. The van der Waals surface area contributed by atoms with Gasteiger partial charge in [0, 0.05) is 13.2 Å². The van der Waals surface area contributed by atoms with Gasteiger partial charge in [-0.2, -0.15) is 0 Å². The number of hydrogen-bond acceptors (Lipinski definition) is 3. The summed E-state index contributed by atoms with van der Waals surface area (Å²) in [6.07, 6.45) is 2.12. The molecule has 1 unspecified atom stereocenters. The molecule has 0 amide bonds. The highest BCUT2D eigenvalue weighted by molar-refractivity contribution is 5.74. The minimum atomic E-state index is -0.684. The number of likely N-dealkylation sites (N-methyl/N-ethyl adjacent to an activating group) is 1. The van der Waals surface area contributed by atoms with Crippen molar-refractivity contribution >= 4 is 5.97 Å². The van der Waals surface area contributed by atoms with E-state index in [9.17, 15) is 4.79 Å². The second-order valence-electron chi connectivity index (χ2n) is 3.95. The first-order valence-electron chi connectivity index (χ1n) is 5.75. The maximum absolute atomic E-state index is 11.1. The predicted octanol–water partition coefficient (Wildman–Crippen LogP) is 1.21. The summed E-state index contributed by atoms with van der Waals surface area (Å²) in [5.74, 6) is -0.320. The number of carboxylic acids is 1. The molecule has 0 bridgehead atoms. The molecular formula is C11H21NO3. The van der Waals surface area contributed by atoms with E-state index in [1.54, 1.807) is 0 Å². The van der Waals surface area contributed by atoms with Crippen LogP contribution >= 0.6 is 0 Å². The summed E-state index contributed by atoms with van der Waals surface area (Å²) < 4.78 is 5.26. The Kier molecular flexibility index (Phi) is 5.05. The maximum atomic E-state index is 11.1. The molecule has 0 radical (unpaired) electrons. The highest BCUT2D eigenvalue weighted by atomic mass is 16.5. The normalized spacial score (nSPS) is 18.1. The van der Waals surface area contributed by atoms with E-state index < -0.39 is 5.97 Å². The summed E-state index contributed by atoms with van der Waals surface area (Å²) in [7, 11) is 0. The van der Waals surface area contributed by atoms with Gasteiger partial charge in [-0.3, -0.25) is 9.69 Å². The van der Waals surface area contributed by atoms with Gasteiger partial charge in [0.15, 0.2) is 0 Å². The highest BCUT2D eigenvalue weighted by Crippen LogP contribution is 2.35. The molecule has 4 heteroatoms. The van der Waals surface area contributed by atoms with Crippen LogP contribution < -0.4 is 0 Å². The van der Waals surface area contributed by atoms with Crippen molar-refractivity contribution in [2.75, 3.05) is 26.3 Å². The third-order valence-electron chi connectivity index (χ3n) is 2.85. The van der Waals surface area contributed by atoms with E-state index in [1.807, 2.05) is 18.7 Å². The Bertz CT molecular complexity index is 204. The molecule has 0 spiro atoms. The van der Waals surface area contributed by atoms with E-state index in [4.69, 9.17) is 9.84 Å². The van der Waals surface area contributed by atoms with E-state index >= 15 is 0 Å². The predicted molar refractivity (Wildman–Crippen MR) is 57.9 cm³/mol. The monoisotopic (exact) mass is 215 g/mol. The molecule has 1 N–H and O–H groups in total. The van der Waals surface area contributed by atoms with Crippen LogP contribution in [0.5, 0.6) is 0 Å². The molecule has 1 saturated carbocycles. The van der Waals surface area contributed by atoms with Gasteiger partial charge in [0.2, 0.25) is 0 Å². The number of ether oxygens (including phenoxy) is 1. The zero-order chi connectivity index (χ0) is 11.3. The Morgan fingerprint density at radius 3 is 2.60 bits per heavy atom. The third-order valence-corrected chi connectivity index (χ3v) is 2.85. The third kappa shape index (κ3) is 3.80. The smallest absolute Gasteiger partial charge is 0.321 e. The molecule has 88 valence electrons. The number of hydrogen-bond donors (Lipinski definition) is 1. The number of aliphatic carboxylic acids is 1. The standard InChI is InChI=1S/C11H21NO3/c1-3-12(7-8-15-4-2)10(11(13)14)9-5-6-9/h9-10H,3-8H2,1-2H3,(H,13,14). The fraction of sp³-hybridized carbons (Fsp3) is 0.909. The molecule has 1 aliphatic rings. The minimum absolute atomic E-state index is 0.296. The summed E-state index contributed by atoms with van der Waals surface area (Å²) in [5.41, 5.74) is 0. The van der Waals surface area contributed by atoms with Crippen LogP contribution in [0.3, 0.4) is 0 Å². The fourth-order valence-corrected chi connectivity index (χ4v) is 1.89. The first-order valence-corrected chi connectivity index (χ1v) is 5.75. The molecule has 1 rings (SSSR count). The van der Waals surface area contributed by atoms with Gasteiger partial charge in [-0.25, -0.2) is 0 Å². The lowest BCUT2D eigenvalue weighted by Gasteiger charge is -2.27. The van der Waals surface area contributed by atoms with Crippen LogP contribution in [-0.2, 0) is 9.53 Å². The molecule has 0 saturated heterocycles. The summed E-state index contributed by atoms with van der Waals surface area (Å²) >= 11 is 0. The SMILES string of the molecule is CCOCCN(CC)C(C(=O)O)C1CC1. The molecule has 0 aromatic rings. The van der Waals surface area contributed by atoms with Crippen molar-refractivity contribution in [1.29, 1.82) is 0 Å². The molecule has 0 heterocycles. The summed E-state index contributed by atoms with van der Waals surface area (Å²) in [6, 6.07) is -0.296. The van der Waals surface area contributed by atoms with Gasteiger partial charge < -0.3 is 9.84 Å². The minimum Gasteiger partial charge on any atom is -0.480 e. The number of carbonyl (C=O) groups is 1. The van der Waals surface area contributed by atoms with E-state index in [0.717, 1.165) is 25.9 Å². The Labute approximate surface area is 91.2 Å². The van der Waals surface area contributed by atoms with Crippen molar-refractivity contribution in [2.45, 2.75) is 32.7 Å². The van der Waals surface area contributed by atoms with Crippen molar-refractivity contribution in [3.05, 3.63) is 0 Å². The topological polar surface area (TPSA) is 49.8 Å².